The van der Waals surface area contributed by atoms with E-state index in [1.807, 2.05) is 31.2 Å². The van der Waals surface area contributed by atoms with Gasteiger partial charge in [-0.2, -0.15) is 0 Å². The minimum Gasteiger partial charge on any atom is -0.324 e. The van der Waals surface area contributed by atoms with Gasteiger partial charge in [0.2, 0.25) is 5.91 Å². The Morgan fingerprint density at radius 1 is 0.935 bits per heavy atom. The van der Waals surface area contributed by atoms with E-state index in [1.165, 1.54) is 22.8 Å². The number of halogens is 1. The molecule has 0 bridgehead atoms. The molecule has 4 aromatic rings. The summed E-state index contributed by atoms with van der Waals surface area (Å²) in [6.45, 7) is 1.73. The van der Waals surface area contributed by atoms with Crippen molar-refractivity contribution in [3.8, 4) is 0 Å². The van der Waals surface area contributed by atoms with Crippen molar-refractivity contribution in [2.45, 2.75) is 20.0 Å². The number of anilines is 1. The standard InChI is InChI=1S/C24H20FN3O3/c1-16-9-11-17(12-10-16)14-28-23(30)20-7-2-3-8-21(20)27(24(28)31)15-22(29)26-19-6-4-5-18(25)13-19/h2-13H,14-15H2,1H3,(H,26,29). The van der Waals surface area contributed by atoms with Crippen LogP contribution in [0.5, 0.6) is 0 Å². The summed E-state index contributed by atoms with van der Waals surface area (Å²) >= 11 is 0. The molecule has 6 nitrogen and oxygen atoms in total. The Balaban J connectivity index is 1.75. The predicted octanol–water partition coefficient (Wildman–Crippen LogP) is 3.30. The van der Waals surface area contributed by atoms with Crippen molar-refractivity contribution in [1.29, 1.82) is 0 Å². The highest BCUT2D eigenvalue weighted by Gasteiger charge is 2.16. The first-order chi connectivity index (χ1) is 14.9. The van der Waals surface area contributed by atoms with Gasteiger partial charge in [-0.1, -0.05) is 48.0 Å². The second-order valence-electron chi connectivity index (χ2n) is 7.32. The maximum atomic E-state index is 13.4. The third-order valence-corrected chi connectivity index (χ3v) is 5.00. The van der Waals surface area contributed by atoms with Gasteiger partial charge in [-0.25, -0.2) is 9.18 Å². The second-order valence-corrected chi connectivity index (χ2v) is 7.32. The largest absolute Gasteiger partial charge is 0.332 e. The van der Waals surface area contributed by atoms with Crippen LogP contribution in [0.15, 0.2) is 82.4 Å². The molecule has 0 unspecified atom stereocenters. The summed E-state index contributed by atoms with van der Waals surface area (Å²) in [5.74, 6) is -0.981. The van der Waals surface area contributed by atoms with E-state index in [1.54, 1.807) is 30.3 Å². The number of hydrogen-bond acceptors (Lipinski definition) is 3. The molecule has 0 aliphatic rings. The van der Waals surface area contributed by atoms with Crippen LogP contribution in [0.4, 0.5) is 10.1 Å². The van der Waals surface area contributed by atoms with E-state index in [-0.39, 0.29) is 18.8 Å². The Bertz CT molecular complexity index is 1390. The molecule has 1 heterocycles. The molecule has 1 N–H and O–H groups in total. The lowest BCUT2D eigenvalue weighted by Crippen LogP contribution is -2.42. The van der Waals surface area contributed by atoms with Crippen LogP contribution in [0.25, 0.3) is 10.9 Å². The zero-order valence-corrected chi connectivity index (χ0v) is 16.8. The molecular formula is C24H20FN3O3. The van der Waals surface area contributed by atoms with Gasteiger partial charge in [-0.3, -0.25) is 18.7 Å². The van der Waals surface area contributed by atoms with E-state index >= 15 is 0 Å². The number of hydrogen-bond donors (Lipinski definition) is 1. The van der Waals surface area contributed by atoms with E-state index < -0.39 is 23.0 Å². The molecule has 0 spiro atoms. The third-order valence-electron chi connectivity index (χ3n) is 5.00. The molecule has 3 aromatic carbocycles. The van der Waals surface area contributed by atoms with Crippen LogP contribution in [0.1, 0.15) is 11.1 Å². The lowest BCUT2D eigenvalue weighted by atomic mass is 10.1. The lowest BCUT2D eigenvalue weighted by molar-refractivity contribution is -0.116. The van der Waals surface area contributed by atoms with Crippen molar-refractivity contribution in [2.24, 2.45) is 0 Å². The highest BCUT2D eigenvalue weighted by atomic mass is 19.1. The van der Waals surface area contributed by atoms with Crippen LogP contribution in [0.2, 0.25) is 0 Å². The van der Waals surface area contributed by atoms with Gasteiger partial charge in [0, 0.05) is 5.69 Å². The van der Waals surface area contributed by atoms with Crippen LogP contribution in [0.3, 0.4) is 0 Å². The van der Waals surface area contributed by atoms with Gasteiger partial charge in [-0.05, 0) is 42.8 Å². The quantitative estimate of drug-likeness (QED) is 0.542. The molecule has 0 atom stereocenters. The molecule has 4 rings (SSSR count). The van der Waals surface area contributed by atoms with E-state index in [9.17, 15) is 18.8 Å². The Kier molecular flexibility index (Phi) is 5.49. The SMILES string of the molecule is Cc1ccc(Cn2c(=O)c3ccccc3n(CC(=O)Nc3cccc(F)c3)c2=O)cc1. The summed E-state index contributed by atoms with van der Waals surface area (Å²) < 4.78 is 15.8. The smallest absolute Gasteiger partial charge is 0.324 e. The first kappa shape index (κ1) is 20.3. The number of aromatic nitrogens is 2. The monoisotopic (exact) mass is 417 g/mol. The maximum Gasteiger partial charge on any atom is 0.332 e. The van der Waals surface area contributed by atoms with Crippen LogP contribution < -0.4 is 16.6 Å². The van der Waals surface area contributed by atoms with Crippen molar-refractivity contribution in [3.63, 3.8) is 0 Å². The highest BCUT2D eigenvalue weighted by molar-refractivity contribution is 5.91. The molecule has 0 aliphatic carbocycles. The number of benzene rings is 3. The predicted molar refractivity (Wildman–Crippen MR) is 118 cm³/mol. The number of nitrogens with zero attached hydrogens (tertiary/aromatic N) is 2. The molecule has 0 aliphatic heterocycles. The van der Waals surface area contributed by atoms with Crippen LogP contribution >= 0.6 is 0 Å². The third kappa shape index (κ3) is 4.30. The van der Waals surface area contributed by atoms with Crippen molar-refractivity contribution in [2.75, 3.05) is 5.32 Å². The summed E-state index contributed by atoms with van der Waals surface area (Å²) in [6.07, 6.45) is 0. The van der Waals surface area contributed by atoms with Crippen molar-refractivity contribution in [3.05, 3.63) is 111 Å². The number of rotatable bonds is 5. The van der Waals surface area contributed by atoms with Gasteiger partial charge in [0.15, 0.2) is 0 Å². The van der Waals surface area contributed by atoms with E-state index in [2.05, 4.69) is 5.32 Å². The molecule has 0 fully saturated rings. The number of aryl methyl sites for hydroxylation is 1. The van der Waals surface area contributed by atoms with Gasteiger partial charge in [0.1, 0.15) is 12.4 Å². The van der Waals surface area contributed by atoms with E-state index in [0.29, 0.717) is 10.9 Å². The second kappa shape index (κ2) is 8.39. The zero-order chi connectivity index (χ0) is 22.0. The minimum atomic E-state index is -0.585. The first-order valence-electron chi connectivity index (χ1n) is 9.76. The fraction of sp³-hybridized carbons (Fsp3) is 0.125. The fourth-order valence-corrected chi connectivity index (χ4v) is 3.45. The molecule has 1 amide bonds. The number of amides is 1. The molecule has 1 aromatic heterocycles. The molecule has 0 radical (unpaired) electrons. The number of para-hydroxylation sites is 1. The van der Waals surface area contributed by atoms with Gasteiger partial charge < -0.3 is 5.32 Å². The summed E-state index contributed by atoms with van der Waals surface area (Å²) in [5, 5.41) is 2.93. The summed E-state index contributed by atoms with van der Waals surface area (Å²) in [4.78, 5) is 38.8. The van der Waals surface area contributed by atoms with Crippen molar-refractivity contribution >= 4 is 22.5 Å². The Morgan fingerprint density at radius 3 is 2.42 bits per heavy atom. The van der Waals surface area contributed by atoms with Crippen LogP contribution in [-0.4, -0.2) is 15.0 Å². The topological polar surface area (TPSA) is 73.1 Å². The molecule has 7 heteroatoms. The number of nitrogens with one attached hydrogen (secondary N) is 1. The van der Waals surface area contributed by atoms with Gasteiger partial charge in [0.25, 0.3) is 5.56 Å². The first-order valence-corrected chi connectivity index (χ1v) is 9.76. The number of carbonyl (C=O) groups excluding carboxylic acids is 1. The van der Waals surface area contributed by atoms with Crippen LogP contribution in [-0.2, 0) is 17.9 Å². The molecular weight excluding hydrogens is 397 g/mol. The minimum absolute atomic E-state index is 0.0916. The van der Waals surface area contributed by atoms with Gasteiger partial charge in [-0.15, -0.1) is 0 Å². The van der Waals surface area contributed by atoms with E-state index in [4.69, 9.17) is 0 Å². The van der Waals surface area contributed by atoms with Crippen molar-refractivity contribution in [1.82, 2.24) is 9.13 Å². The number of fused-ring (bicyclic) bond motifs is 1. The fourth-order valence-electron chi connectivity index (χ4n) is 3.45. The lowest BCUT2D eigenvalue weighted by Gasteiger charge is -2.14. The van der Waals surface area contributed by atoms with Crippen molar-refractivity contribution < 1.29 is 9.18 Å². The Labute approximate surface area is 177 Å². The molecule has 156 valence electrons. The molecule has 0 saturated heterocycles. The van der Waals surface area contributed by atoms with Gasteiger partial charge >= 0.3 is 5.69 Å². The summed E-state index contributed by atoms with van der Waals surface area (Å²) in [5.41, 5.74) is 1.53. The zero-order valence-electron chi connectivity index (χ0n) is 16.8. The van der Waals surface area contributed by atoms with Crippen LogP contribution in [0, 0.1) is 12.7 Å². The average molecular weight is 417 g/mol. The molecule has 0 saturated carbocycles. The Morgan fingerprint density at radius 2 is 1.68 bits per heavy atom. The molecule has 31 heavy (non-hydrogen) atoms. The Hall–Kier alpha value is -4.00. The average Bonchev–Trinajstić information content (AvgIpc) is 2.75. The number of carbonyl (C=O) groups is 1. The normalized spacial score (nSPS) is 10.9. The highest BCUT2D eigenvalue weighted by Crippen LogP contribution is 2.11. The summed E-state index contributed by atoms with van der Waals surface area (Å²) in [6, 6.07) is 19.7. The van der Waals surface area contributed by atoms with E-state index in [0.717, 1.165) is 15.7 Å². The van der Waals surface area contributed by atoms with Gasteiger partial charge in [0.05, 0.1) is 17.4 Å². The maximum absolute atomic E-state index is 13.4. The summed E-state index contributed by atoms with van der Waals surface area (Å²) in [7, 11) is 0.